The fraction of sp³-hybridized carbons (Fsp3) is 0.600. The molecule has 252 valence electrons. The van der Waals surface area contributed by atoms with Crippen LogP contribution in [0.4, 0.5) is 0 Å². The lowest BCUT2D eigenvalue weighted by Gasteiger charge is -2.39. The summed E-state index contributed by atoms with van der Waals surface area (Å²) in [6, 6.07) is 8.14. The van der Waals surface area contributed by atoms with Crippen LogP contribution in [-0.2, 0) is 28.7 Å². The number of unbranched alkanes of at least 4 members (excludes halogenated alkanes) is 1. The van der Waals surface area contributed by atoms with E-state index in [4.69, 9.17) is 9.47 Å². The highest BCUT2D eigenvalue weighted by molar-refractivity contribution is 9.09. The third-order valence-corrected chi connectivity index (χ3v) is 10.3. The van der Waals surface area contributed by atoms with Crippen LogP contribution in [0.1, 0.15) is 70.5 Å². The minimum Gasteiger partial charge on any atom is -0.455 e. The Hall–Kier alpha value is -3.02. The Morgan fingerprint density at radius 2 is 1.98 bits per heavy atom. The first-order valence-corrected chi connectivity index (χ1v) is 17.3. The Bertz CT molecular complexity index is 1260. The third kappa shape index (κ3) is 7.26. The lowest BCUT2D eigenvalue weighted by Crippen LogP contribution is -2.58. The normalized spacial score (nSPS) is 27.5. The number of allylic oxidation sites excluding steroid dienone is 1. The van der Waals surface area contributed by atoms with Gasteiger partial charge in [-0.25, -0.2) is 0 Å². The summed E-state index contributed by atoms with van der Waals surface area (Å²) in [6.07, 6.45) is 5.70. The first kappa shape index (κ1) is 35.8. The first-order valence-electron chi connectivity index (χ1n) is 16.4. The molecule has 3 amide bonds. The quantitative estimate of drug-likeness (QED) is 0.102. The first-order chi connectivity index (χ1) is 22.1. The van der Waals surface area contributed by atoms with Gasteiger partial charge in [-0.15, -0.1) is 13.2 Å². The molecule has 11 heteroatoms. The summed E-state index contributed by atoms with van der Waals surface area (Å²) in [5.74, 6) is -3.18. The number of halogens is 1. The van der Waals surface area contributed by atoms with Crippen molar-refractivity contribution >= 4 is 39.6 Å². The van der Waals surface area contributed by atoms with Crippen LogP contribution in [0, 0.1) is 11.8 Å². The Kier molecular flexibility index (Phi) is 12.6. The second-order valence-corrected chi connectivity index (χ2v) is 13.7. The molecule has 0 aromatic heterocycles. The molecular formula is C35H48BrN3O7. The van der Waals surface area contributed by atoms with Gasteiger partial charge in [-0.3, -0.25) is 19.2 Å². The van der Waals surface area contributed by atoms with Gasteiger partial charge in [0.05, 0.1) is 24.5 Å². The number of aliphatic hydroxyl groups excluding tert-OH is 1. The van der Waals surface area contributed by atoms with Crippen LogP contribution in [0.2, 0.25) is 0 Å². The fourth-order valence-electron chi connectivity index (χ4n) is 7.31. The van der Waals surface area contributed by atoms with Crippen LogP contribution >= 0.6 is 15.9 Å². The maximum absolute atomic E-state index is 14.5. The molecule has 3 heterocycles. The lowest BCUT2D eigenvalue weighted by atomic mass is 9.70. The predicted molar refractivity (Wildman–Crippen MR) is 178 cm³/mol. The molecule has 3 saturated heterocycles. The molecule has 2 bridgehead atoms. The topological polar surface area (TPSA) is 125 Å². The van der Waals surface area contributed by atoms with Crippen LogP contribution in [0.15, 0.2) is 55.6 Å². The van der Waals surface area contributed by atoms with Gasteiger partial charge in [0, 0.05) is 37.0 Å². The molecule has 10 nitrogen and oxygen atoms in total. The number of carbonyl (C=O) groups is 4. The van der Waals surface area contributed by atoms with Crippen molar-refractivity contribution in [1.82, 2.24) is 15.1 Å². The van der Waals surface area contributed by atoms with Crippen molar-refractivity contribution in [1.29, 1.82) is 0 Å². The highest BCUT2D eigenvalue weighted by atomic mass is 79.9. The van der Waals surface area contributed by atoms with E-state index >= 15 is 0 Å². The fourth-order valence-corrected chi connectivity index (χ4v) is 8.25. The molecule has 3 fully saturated rings. The van der Waals surface area contributed by atoms with E-state index in [2.05, 4.69) is 41.3 Å². The highest BCUT2D eigenvalue weighted by Gasteiger charge is 2.77. The molecule has 1 aromatic rings. The number of likely N-dealkylation sites (tertiary alicyclic amines) is 1. The summed E-state index contributed by atoms with van der Waals surface area (Å²) in [5.41, 5.74) is -0.516. The van der Waals surface area contributed by atoms with E-state index in [1.165, 1.54) is 0 Å². The SMILES string of the molecule is C=CCCC(=O)NC[C@@H](OC(=O)[C@@H]1[C@H]2O[C@@]3(CC2Br)[C@H](C(=O)N(CC=C)C(C)CCC)N(CCCCO)C(=O)[C@@H]13)c1ccccc1. The Labute approximate surface area is 280 Å². The van der Waals surface area contributed by atoms with Crippen LogP contribution in [0.3, 0.4) is 0 Å². The van der Waals surface area contributed by atoms with Gasteiger partial charge in [-0.2, -0.15) is 0 Å². The number of hydrogen-bond acceptors (Lipinski definition) is 7. The molecule has 2 N–H and O–H groups in total. The number of hydrogen-bond donors (Lipinski definition) is 2. The summed E-state index contributed by atoms with van der Waals surface area (Å²) in [4.78, 5) is 58.5. The van der Waals surface area contributed by atoms with Crippen molar-refractivity contribution in [3.05, 3.63) is 61.2 Å². The number of ether oxygens (including phenoxy) is 2. The average molecular weight is 703 g/mol. The minimum absolute atomic E-state index is 0.0344. The molecule has 0 aliphatic carbocycles. The second kappa shape index (κ2) is 16.2. The van der Waals surface area contributed by atoms with E-state index < -0.39 is 41.7 Å². The summed E-state index contributed by atoms with van der Waals surface area (Å²) >= 11 is 3.72. The number of aliphatic hydroxyl groups is 1. The Morgan fingerprint density at radius 3 is 2.63 bits per heavy atom. The van der Waals surface area contributed by atoms with E-state index in [1.54, 1.807) is 22.0 Å². The number of nitrogens with one attached hydrogen (secondary N) is 1. The maximum atomic E-state index is 14.5. The molecule has 0 saturated carbocycles. The number of rotatable bonds is 18. The Balaban J connectivity index is 1.66. The van der Waals surface area contributed by atoms with Crippen molar-refractivity contribution in [2.45, 2.75) is 93.5 Å². The molecule has 8 atom stereocenters. The molecule has 3 aliphatic rings. The minimum atomic E-state index is -1.22. The number of esters is 1. The van der Waals surface area contributed by atoms with E-state index in [1.807, 2.05) is 37.3 Å². The van der Waals surface area contributed by atoms with E-state index in [0.29, 0.717) is 37.8 Å². The van der Waals surface area contributed by atoms with Gasteiger partial charge in [0.2, 0.25) is 17.7 Å². The zero-order chi connectivity index (χ0) is 33.4. The van der Waals surface area contributed by atoms with Crippen LogP contribution < -0.4 is 5.32 Å². The van der Waals surface area contributed by atoms with Crippen molar-refractivity contribution < 1.29 is 33.8 Å². The number of carbonyl (C=O) groups excluding carboxylic acids is 4. The molecule has 1 spiro atoms. The van der Waals surface area contributed by atoms with E-state index in [-0.39, 0.29) is 54.7 Å². The monoisotopic (exact) mass is 701 g/mol. The number of fused-ring (bicyclic) bond motifs is 1. The van der Waals surface area contributed by atoms with Gasteiger partial charge in [0.1, 0.15) is 17.7 Å². The van der Waals surface area contributed by atoms with Gasteiger partial charge < -0.3 is 29.7 Å². The molecule has 2 unspecified atom stereocenters. The van der Waals surface area contributed by atoms with Crippen LogP contribution in [0.25, 0.3) is 0 Å². The van der Waals surface area contributed by atoms with Crippen LogP contribution in [0.5, 0.6) is 0 Å². The van der Waals surface area contributed by atoms with Gasteiger partial charge >= 0.3 is 5.97 Å². The average Bonchev–Trinajstić information content (AvgIpc) is 3.64. The van der Waals surface area contributed by atoms with E-state index in [9.17, 15) is 24.3 Å². The lowest BCUT2D eigenvalue weighted by molar-refractivity contribution is -0.160. The summed E-state index contributed by atoms with van der Waals surface area (Å²) < 4.78 is 12.8. The number of benzene rings is 1. The van der Waals surface area contributed by atoms with Gasteiger partial charge in [-0.05, 0) is 44.6 Å². The largest absolute Gasteiger partial charge is 0.455 e. The van der Waals surface area contributed by atoms with Crippen molar-refractivity contribution in [2.24, 2.45) is 11.8 Å². The standard InChI is InChI=1S/C35H48BrN3O7/c1-5-8-17-27(41)37-22-26(24-15-10-9-11-16-24)45-34(44)28-29-32(42)39(19-12-13-20-40)31(35(29)21-25(36)30(28)46-35)33(43)38(18-7-3)23(4)14-6-2/h5,7,9-11,15-16,23,25-26,28-31,40H,1,3,6,8,12-14,17-22H2,2,4H3,(H,37,41)/t23?,25?,26-,28+,29-,30+,31+,35-/m1/s1. The summed E-state index contributed by atoms with van der Waals surface area (Å²) in [7, 11) is 0. The summed E-state index contributed by atoms with van der Waals surface area (Å²) in [6.45, 7) is 12.2. The molecule has 0 radical (unpaired) electrons. The van der Waals surface area contributed by atoms with Gasteiger partial charge in [0.15, 0.2) is 0 Å². The third-order valence-electron chi connectivity index (χ3n) is 9.44. The molecule has 3 aliphatic heterocycles. The second-order valence-electron chi connectivity index (χ2n) is 12.5. The van der Waals surface area contributed by atoms with Gasteiger partial charge in [0.25, 0.3) is 0 Å². The Morgan fingerprint density at radius 1 is 1.24 bits per heavy atom. The number of alkyl halides is 1. The van der Waals surface area contributed by atoms with Crippen molar-refractivity contribution in [3.63, 3.8) is 0 Å². The zero-order valence-electron chi connectivity index (χ0n) is 26.9. The van der Waals surface area contributed by atoms with E-state index in [0.717, 1.165) is 12.8 Å². The maximum Gasteiger partial charge on any atom is 0.313 e. The van der Waals surface area contributed by atoms with Gasteiger partial charge in [-0.1, -0.05) is 71.8 Å². The molecule has 4 rings (SSSR count). The number of nitrogens with zero attached hydrogens (tertiary/aromatic N) is 2. The molecular weight excluding hydrogens is 654 g/mol. The van der Waals surface area contributed by atoms with Crippen LogP contribution in [-0.4, -0.2) is 93.5 Å². The smallest absolute Gasteiger partial charge is 0.313 e. The van der Waals surface area contributed by atoms with Crippen molar-refractivity contribution in [3.8, 4) is 0 Å². The summed E-state index contributed by atoms with van der Waals surface area (Å²) in [5, 5.41) is 12.3. The molecule has 1 aromatic carbocycles. The predicted octanol–water partition coefficient (Wildman–Crippen LogP) is 4.08. The molecule has 46 heavy (non-hydrogen) atoms. The zero-order valence-corrected chi connectivity index (χ0v) is 28.5. The number of amides is 3. The van der Waals surface area contributed by atoms with Crippen molar-refractivity contribution in [2.75, 3.05) is 26.2 Å². The highest BCUT2D eigenvalue weighted by Crippen LogP contribution is 2.60.